The molecule has 1 N–H and O–H groups in total. The second kappa shape index (κ2) is 10.6. The summed E-state index contributed by atoms with van der Waals surface area (Å²) in [7, 11) is 0. The molecule has 0 aliphatic carbocycles. The van der Waals surface area contributed by atoms with Crippen LogP contribution >= 0.6 is 11.5 Å². The van der Waals surface area contributed by atoms with Crippen molar-refractivity contribution in [3.63, 3.8) is 0 Å². The third-order valence-electron chi connectivity index (χ3n) is 5.41. The summed E-state index contributed by atoms with van der Waals surface area (Å²) in [6, 6.07) is 3.04. The molecule has 37 heavy (non-hydrogen) atoms. The average Bonchev–Trinajstić information content (AvgIpc) is 3.39. The molecule has 3 aromatic rings. The van der Waals surface area contributed by atoms with Gasteiger partial charge in [0.2, 0.25) is 5.88 Å². The van der Waals surface area contributed by atoms with Crippen LogP contribution in [0.4, 0.5) is 32.0 Å². The number of nitrogens with one attached hydrogen (secondary N) is 1. The van der Waals surface area contributed by atoms with E-state index in [9.17, 15) is 31.1 Å². The fourth-order valence-corrected chi connectivity index (χ4v) is 4.65. The van der Waals surface area contributed by atoms with Crippen molar-refractivity contribution in [1.82, 2.24) is 24.2 Å². The first-order chi connectivity index (χ1) is 17.4. The molecule has 1 aliphatic heterocycles. The lowest BCUT2D eigenvalue weighted by atomic mass is 10.1. The van der Waals surface area contributed by atoms with Gasteiger partial charge in [0.05, 0.1) is 41.6 Å². The van der Waals surface area contributed by atoms with Crippen LogP contribution in [0.2, 0.25) is 0 Å². The molecular weight excluding hydrogens is 526 g/mol. The van der Waals surface area contributed by atoms with E-state index < -0.39 is 36.6 Å². The van der Waals surface area contributed by atoms with Crippen molar-refractivity contribution in [2.75, 3.05) is 25.0 Å². The monoisotopic (exact) mass is 546 g/mol. The minimum atomic E-state index is -4.60. The van der Waals surface area contributed by atoms with E-state index in [4.69, 9.17) is 4.74 Å². The minimum absolute atomic E-state index is 0.0666. The summed E-state index contributed by atoms with van der Waals surface area (Å²) in [5.74, 6) is -0.276. The van der Waals surface area contributed by atoms with Crippen LogP contribution in [0.25, 0.3) is 0 Å². The van der Waals surface area contributed by atoms with Gasteiger partial charge < -0.3 is 10.1 Å². The van der Waals surface area contributed by atoms with Gasteiger partial charge in [0.15, 0.2) is 5.69 Å². The molecule has 1 amide bonds. The van der Waals surface area contributed by atoms with Gasteiger partial charge in [0.25, 0.3) is 5.91 Å². The van der Waals surface area contributed by atoms with Crippen LogP contribution < -0.4 is 10.1 Å². The van der Waals surface area contributed by atoms with Crippen LogP contribution in [-0.2, 0) is 12.6 Å². The maximum Gasteiger partial charge on any atom is 0.434 e. The second-order valence-corrected chi connectivity index (χ2v) is 9.21. The Morgan fingerprint density at radius 2 is 1.92 bits per heavy atom. The van der Waals surface area contributed by atoms with Gasteiger partial charge in [0.1, 0.15) is 6.10 Å². The lowest BCUT2D eigenvalue weighted by molar-refractivity contribution is -0.144. The van der Waals surface area contributed by atoms with Crippen LogP contribution in [0.3, 0.4) is 0 Å². The summed E-state index contributed by atoms with van der Waals surface area (Å²) < 4.78 is 85.6. The van der Waals surface area contributed by atoms with Crippen molar-refractivity contribution in [2.24, 2.45) is 0 Å². The van der Waals surface area contributed by atoms with Crippen molar-refractivity contribution in [1.29, 1.82) is 0 Å². The predicted octanol–water partition coefficient (Wildman–Crippen LogP) is 4.51. The second-order valence-electron chi connectivity index (χ2n) is 8.35. The van der Waals surface area contributed by atoms with Crippen LogP contribution in [0.15, 0.2) is 30.7 Å². The molecule has 0 saturated carbocycles. The quantitative estimate of drug-likeness (QED) is 0.436. The number of nitrogens with zero attached hydrogens (tertiary/aromatic N) is 5. The third kappa shape index (κ3) is 7.13. The summed E-state index contributed by atoms with van der Waals surface area (Å²) in [4.78, 5) is 26.0. The molecule has 4 heterocycles. The Labute approximate surface area is 210 Å². The number of amides is 1. The molecule has 15 heteroatoms. The van der Waals surface area contributed by atoms with Crippen LogP contribution in [0.5, 0.6) is 5.88 Å². The SMILES string of the molecule is Cc1nsc(Cc2cnc(C(F)(F)F)cn2)c1C(=O)Nc1ccc(OC2CCN(CC(F)(F)F)C2)nc1. The lowest BCUT2D eigenvalue weighted by Gasteiger charge is -2.18. The Morgan fingerprint density at radius 3 is 2.54 bits per heavy atom. The van der Waals surface area contributed by atoms with Crippen molar-refractivity contribution < 1.29 is 35.9 Å². The number of rotatable bonds is 7. The van der Waals surface area contributed by atoms with Gasteiger partial charge in [-0.15, -0.1) is 0 Å². The van der Waals surface area contributed by atoms with Crippen molar-refractivity contribution >= 4 is 23.1 Å². The van der Waals surface area contributed by atoms with Crippen LogP contribution in [0, 0.1) is 6.92 Å². The number of hydrogen-bond donors (Lipinski definition) is 1. The first-order valence-corrected chi connectivity index (χ1v) is 11.7. The van der Waals surface area contributed by atoms with Crippen LogP contribution in [-0.4, -0.2) is 62.0 Å². The van der Waals surface area contributed by atoms with Gasteiger partial charge in [-0.25, -0.2) is 9.97 Å². The predicted molar refractivity (Wildman–Crippen MR) is 120 cm³/mol. The zero-order valence-electron chi connectivity index (χ0n) is 19.2. The van der Waals surface area contributed by atoms with Gasteiger partial charge in [-0.05, 0) is 30.9 Å². The van der Waals surface area contributed by atoms with E-state index >= 15 is 0 Å². The number of halogens is 6. The van der Waals surface area contributed by atoms with E-state index in [0.717, 1.165) is 17.7 Å². The number of aromatic nitrogens is 4. The molecule has 0 aromatic carbocycles. The lowest BCUT2D eigenvalue weighted by Crippen LogP contribution is -2.33. The Kier molecular flexibility index (Phi) is 7.64. The van der Waals surface area contributed by atoms with Gasteiger partial charge in [-0.1, -0.05) is 0 Å². The Balaban J connectivity index is 1.36. The van der Waals surface area contributed by atoms with Crippen molar-refractivity contribution in [3.8, 4) is 5.88 Å². The molecule has 0 bridgehead atoms. The Hall–Kier alpha value is -3.33. The van der Waals surface area contributed by atoms with Crippen molar-refractivity contribution in [2.45, 2.75) is 38.2 Å². The number of ether oxygens (including phenoxy) is 1. The maximum atomic E-state index is 12.9. The van der Waals surface area contributed by atoms with Crippen LogP contribution in [0.1, 0.15) is 38.7 Å². The molecule has 1 saturated heterocycles. The molecule has 4 rings (SSSR count). The van der Waals surface area contributed by atoms with E-state index in [0.29, 0.717) is 28.9 Å². The summed E-state index contributed by atoms with van der Waals surface area (Å²) in [5, 5.41) is 2.69. The molecule has 0 radical (unpaired) electrons. The van der Waals surface area contributed by atoms with Gasteiger partial charge in [-0.2, -0.15) is 30.7 Å². The number of hydrogen-bond acceptors (Lipinski definition) is 8. The van der Waals surface area contributed by atoms with Crippen molar-refractivity contribution in [3.05, 3.63) is 58.2 Å². The van der Waals surface area contributed by atoms with Gasteiger partial charge >= 0.3 is 12.4 Å². The molecule has 8 nitrogen and oxygen atoms in total. The molecule has 1 aliphatic rings. The molecule has 198 valence electrons. The maximum absolute atomic E-state index is 12.9. The first kappa shape index (κ1) is 26.7. The fraction of sp³-hybridized carbons (Fsp3) is 0.409. The molecule has 1 atom stereocenters. The molecule has 0 spiro atoms. The smallest absolute Gasteiger partial charge is 0.434 e. The highest BCUT2D eigenvalue weighted by atomic mass is 32.1. The number of anilines is 1. The number of alkyl halides is 6. The van der Waals surface area contributed by atoms with E-state index in [-0.39, 0.29) is 36.6 Å². The van der Waals surface area contributed by atoms with E-state index in [1.807, 2.05) is 0 Å². The normalized spacial score (nSPS) is 16.7. The topological polar surface area (TPSA) is 93.1 Å². The minimum Gasteiger partial charge on any atom is -0.473 e. The number of aryl methyl sites for hydroxylation is 1. The number of pyridine rings is 1. The van der Waals surface area contributed by atoms with Gasteiger partial charge in [0, 0.05) is 36.7 Å². The molecular formula is C22H20F6N6O2S. The highest BCUT2D eigenvalue weighted by Crippen LogP contribution is 2.28. The van der Waals surface area contributed by atoms with E-state index in [1.165, 1.54) is 17.2 Å². The molecule has 1 unspecified atom stereocenters. The molecule has 3 aromatic heterocycles. The van der Waals surface area contributed by atoms with E-state index in [2.05, 4.69) is 24.6 Å². The Morgan fingerprint density at radius 1 is 1.14 bits per heavy atom. The third-order valence-corrected chi connectivity index (χ3v) is 6.35. The molecule has 1 fully saturated rings. The first-order valence-electron chi connectivity index (χ1n) is 10.9. The average molecular weight is 546 g/mol. The number of likely N-dealkylation sites (tertiary alicyclic amines) is 1. The summed E-state index contributed by atoms with van der Waals surface area (Å²) in [5.41, 5.74) is 0.182. The highest BCUT2D eigenvalue weighted by molar-refractivity contribution is 7.06. The largest absolute Gasteiger partial charge is 0.473 e. The summed E-state index contributed by atoms with van der Waals surface area (Å²) >= 11 is 1.03. The number of carbonyl (C=O) groups excluding carboxylic acids is 1. The Bertz CT molecular complexity index is 1230. The highest BCUT2D eigenvalue weighted by Gasteiger charge is 2.35. The van der Waals surface area contributed by atoms with Gasteiger partial charge in [-0.3, -0.25) is 14.7 Å². The number of carbonyl (C=O) groups is 1. The summed E-state index contributed by atoms with van der Waals surface area (Å²) in [6.45, 7) is 1.05. The summed E-state index contributed by atoms with van der Waals surface area (Å²) in [6.07, 6.45) is -5.79. The van der Waals surface area contributed by atoms with E-state index in [1.54, 1.807) is 13.0 Å². The zero-order chi connectivity index (χ0) is 26.8. The fourth-order valence-electron chi connectivity index (χ4n) is 3.76. The standard InChI is InChI=1S/C22H20F6N6O2S/c1-12-19(16(37-33-12)6-14-8-30-17(9-29-14)22(26,27)28)20(35)32-13-2-3-18(31-7-13)36-15-4-5-34(10-15)11-21(23,24)25/h2-3,7-9,15H,4-6,10-11H2,1H3,(H,32,35). The zero-order valence-corrected chi connectivity index (χ0v) is 20.0.